The highest BCUT2D eigenvalue weighted by Crippen LogP contribution is 2.50. The summed E-state index contributed by atoms with van der Waals surface area (Å²) >= 11 is 1.66. The van der Waals surface area contributed by atoms with E-state index in [4.69, 9.17) is 5.73 Å². The summed E-state index contributed by atoms with van der Waals surface area (Å²) in [7, 11) is 0. The van der Waals surface area contributed by atoms with Crippen molar-refractivity contribution in [1.29, 1.82) is 0 Å². The number of nitrogens with two attached hydrogens (primary N) is 1. The molecule has 2 fully saturated rings. The average molecular weight is 357 g/mol. The lowest BCUT2D eigenvalue weighted by molar-refractivity contribution is -0.131. The van der Waals surface area contributed by atoms with Gasteiger partial charge in [-0.3, -0.25) is 4.79 Å². The standard InChI is InChI=1S/C19H23N3O2S/c1-10-2-3-11(23)8-13(10)14-9-15(19-22-6-7-25-19)12-4-5-21-18(24)16(12)17(14)20/h2-3,6-8,12,14-17,23H,4-5,9,20H2,1H3,(H,21,24). The van der Waals surface area contributed by atoms with Crippen molar-refractivity contribution in [3.8, 4) is 5.75 Å². The molecule has 5 unspecified atom stereocenters. The van der Waals surface area contributed by atoms with E-state index in [1.165, 1.54) is 0 Å². The first-order chi connectivity index (χ1) is 12.1. The van der Waals surface area contributed by atoms with Gasteiger partial charge in [-0.25, -0.2) is 4.98 Å². The van der Waals surface area contributed by atoms with Crippen LogP contribution in [-0.2, 0) is 4.79 Å². The number of phenolic OH excluding ortho intramolecular Hbond substituents is 1. The summed E-state index contributed by atoms with van der Waals surface area (Å²) in [4.78, 5) is 17.2. The second-order valence-electron chi connectivity index (χ2n) is 7.21. The van der Waals surface area contributed by atoms with Crippen LogP contribution in [0.25, 0.3) is 0 Å². The zero-order valence-electron chi connectivity index (χ0n) is 14.2. The molecule has 4 N–H and O–H groups in total. The fourth-order valence-corrected chi connectivity index (χ4v) is 5.51. The SMILES string of the molecule is Cc1ccc(O)cc1C1CC(c2nccs2)C2CCNC(=O)C2C1N. The molecule has 2 aliphatic rings. The third-order valence-electron chi connectivity index (χ3n) is 5.88. The summed E-state index contributed by atoms with van der Waals surface area (Å²) < 4.78 is 0. The molecule has 4 rings (SSSR count). The lowest BCUT2D eigenvalue weighted by Gasteiger charge is -2.47. The van der Waals surface area contributed by atoms with Crippen LogP contribution in [-0.4, -0.2) is 28.6 Å². The normalized spacial score (nSPS) is 32.1. The van der Waals surface area contributed by atoms with Gasteiger partial charge in [-0.2, -0.15) is 0 Å². The number of piperidine rings is 1. The molecule has 1 aliphatic carbocycles. The van der Waals surface area contributed by atoms with Gasteiger partial charge in [-0.05, 0) is 48.9 Å². The van der Waals surface area contributed by atoms with Crippen molar-refractivity contribution in [1.82, 2.24) is 10.3 Å². The van der Waals surface area contributed by atoms with Crippen molar-refractivity contribution in [2.75, 3.05) is 6.54 Å². The first-order valence-electron chi connectivity index (χ1n) is 8.78. The van der Waals surface area contributed by atoms with Crippen LogP contribution >= 0.6 is 11.3 Å². The van der Waals surface area contributed by atoms with Crippen molar-refractivity contribution >= 4 is 17.2 Å². The zero-order chi connectivity index (χ0) is 17.6. The number of hydrogen-bond donors (Lipinski definition) is 3. The summed E-state index contributed by atoms with van der Waals surface area (Å²) in [5.41, 5.74) is 8.78. The van der Waals surface area contributed by atoms with E-state index in [2.05, 4.69) is 10.3 Å². The smallest absolute Gasteiger partial charge is 0.225 e. The number of rotatable bonds is 2. The van der Waals surface area contributed by atoms with Gasteiger partial charge in [0.25, 0.3) is 0 Å². The molecule has 2 aromatic rings. The number of carbonyl (C=O) groups is 1. The van der Waals surface area contributed by atoms with Crippen LogP contribution in [0.15, 0.2) is 29.8 Å². The highest BCUT2D eigenvalue weighted by atomic mass is 32.1. The summed E-state index contributed by atoms with van der Waals surface area (Å²) in [5.74, 6) is 0.613. The highest BCUT2D eigenvalue weighted by Gasteiger charge is 2.49. The summed E-state index contributed by atoms with van der Waals surface area (Å²) in [6.45, 7) is 2.75. The van der Waals surface area contributed by atoms with Gasteiger partial charge in [0.15, 0.2) is 0 Å². The second-order valence-corrected chi connectivity index (χ2v) is 8.13. The van der Waals surface area contributed by atoms with E-state index in [-0.39, 0.29) is 41.4 Å². The van der Waals surface area contributed by atoms with Gasteiger partial charge in [0.1, 0.15) is 5.75 Å². The van der Waals surface area contributed by atoms with Gasteiger partial charge in [0.2, 0.25) is 5.91 Å². The van der Waals surface area contributed by atoms with Crippen molar-refractivity contribution < 1.29 is 9.90 Å². The predicted molar refractivity (Wildman–Crippen MR) is 97.6 cm³/mol. The number of aryl methyl sites for hydroxylation is 1. The summed E-state index contributed by atoms with van der Waals surface area (Å²) in [5, 5.41) is 16.0. The molecule has 132 valence electrons. The Morgan fingerprint density at radius 2 is 2.20 bits per heavy atom. The molecule has 5 nitrogen and oxygen atoms in total. The van der Waals surface area contributed by atoms with Gasteiger partial charge >= 0.3 is 0 Å². The molecular weight excluding hydrogens is 334 g/mol. The predicted octanol–water partition coefficient (Wildman–Crippen LogP) is 2.51. The molecule has 1 amide bonds. The quantitative estimate of drug-likeness (QED) is 0.770. The van der Waals surface area contributed by atoms with Crippen LogP contribution < -0.4 is 11.1 Å². The monoisotopic (exact) mass is 357 g/mol. The number of aromatic nitrogens is 1. The minimum absolute atomic E-state index is 0.0334. The molecule has 1 aromatic heterocycles. The summed E-state index contributed by atoms with van der Waals surface area (Å²) in [6, 6.07) is 5.17. The Morgan fingerprint density at radius 3 is 2.96 bits per heavy atom. The number of thiazole rings is 1. The molecule has 6 heteroatoms. The third kappa shape index (κ3) is 2.83. The van der Waals surface area contributed by atoms with Crippen LogP contribution in [0.5, 0.6) is 5.75 Å². The molecule has 2 heterocycles. The molecule has 1 aliphatic heterocycles. The van der Waals surface area contributed by atoms with E-state index in [9.17, 15) is 9.90 Å². The second kappa shape index (κ2) is 6.42. The van der Waals surface area contributed by atoms with E-state index < -0.39 is 0 Å². The van der Waals surface area contributed by atoms with Crippen LogP contribution in [0.4, 0.5) is 0 Å². The van der Waals surface area contributed by atoms with Crippen molar-refractivity contribution in [3.63, 3.8) is 0 Å². The molecule has 0 spiro atoms. The Morgan fingerprint density at radius 1 is 1.36 bits per heavy atom. The van der Waals surface area contributed by atoms with Gasteiger partial charge < -0.3 is 16.2 Å². The van der Waals surface area contributed by atoms with Crippen molar-refractivity contribution in [2.24, 2.45) is 17.6 Å². The Balaban J connectivity index is 1.77. The van der Waals surface area contributed by atoms with Crippen LogP contribution in [0.2, 0.25) is 0 Å². The van der Waals surface area contributed by atoms with Gasteiger partial charge in [0.05, 0.1) is 10.9 Å². The van der Waals surface area contributed by atoms with E-state index >= 15 is 0 Å². The first kappa shape index (κ1) is 16.5. The maximum absolute atomic E-state index is 12.6. The fourth-order valence-electron chi connectivity index (χ4n) is 4.68. The van der Waals surface area contributed by atoms with E-state index in [0.29, 0.717) is 6.54 Å². The minimum Gasteiger partial charge on any atom is -0.508 e. The molecular formula is C19H23N3O2S. The number of fused-ring (bicyclic) bond motifs is 1. The number of nitrogens with one attached hydrogen (secondary N) is 1. The average Bonchev–Trinajstić information content (AvgIpc) is 3.12. The number of hydrogen-bond acceptors (Lipinski definition) is 5. The van der Waals surface area contributed by atoms with Crippen LogP contribution in [0.3, 0.4) is 0 Å². The number of carbonyl (C=O) groups excluding carboxylic acids is 1. The highest BCUT2D eigenvalue weighted by molar-refractivity contribution is 7.09. The van der Waals surface area contributed by atoms with Crippen LogP contribution in [0.1, 0.15) is 40.8 Å². The first-order valence-corrected chi connectivity index (χ1v) is 9.66. The zero-order valence-corrected chi connectivity index (χ0v) is 15.0. The third-order valence-corrected chi connectivity index (χ3v) is 6.78. The molecule has 25 heavy (non-hydrogen) atoms. The lowest BCUT2D eigenvalue weighted by Crippen LogP contribution is -2.56. The minimum atomic E-state index is -0.248. The molecule has 1 saturated carbocycles. The van der Waals surface area contributed by atoms with Crippen LogP contribution in [0, 0.1) is 18.8 Å². The Labute approximate surface area is 151 Å². The number of nitrogens with zero attached hydrogens (tertiary/aromatic N) is 1. The number of phenols is 1. The molecule has 1 aromatic carbocycles. The Bertz CT molecular complexity index is 777. The van der Waals surface area contributed by atoms with Gasteiger partial charge in [-0.15, -0.1) is 11.3 Å². The van der Waals surface area contributed by atoms with Crippen molar-refractivity contribution in [2.45, 2.75) is 37.6 Å². The molecule has 0 bridgehead atoms. The number of benzene rings is 1. The molecule has 5 atom stereocenters. The van der Waals surface area contributed by atoms with E-state index in [1.54, 1.807) is 23.5 Å². The summed E-state index contributed by atoms with van der Waals surface area (Å²) in [6.07, 6.45) is 3.65. The number of aromatic hydroxyl groups is 1. The van der Waals surface area contributed by atoms with Gasteiger partial charge in [-0.1, -0.05) is 6.07 Å². The molecule has 1 saturated heterocycles. The number of amides is 1. The topological polar surface area (TPSA) is 88.2 Å². The fraction of sp³-hybridized carbons (Fsp3) is 0.474. The van der Waals surface area contributed by atoms with E-state index in [1.807, 2.05) is 24.6 Å². The Hall–Kier alpha value is -1.92. The Kier molecular flexibility index (Phi) is 4.25. The molecule has 0 radical (unpaired) electrons. The largest absolute Gasteiger partial charge is 0.508 e. The van der Waals surface area contributed by atoms with E-state index in [0.717, 1.165) is 29.0 Å². The van der Waals surface area contributed by atoms with Crippen molar-refractivity contribution in [3.05, 3.63) is 45.9 Å². The maximum Gasteiger partial charge on any atom is 0.225 e. The maximum atomic E-state index is 12.6. The van der Waals surface area contributed by atoms with Gasteiger partial charge in [0, 0.05) is 36.0 Å². The lowest BCUT2D eigenvalue weighted by atomic mass is 9.61.